The summed E-state index contributed by atoms with van der Waals surface area (Å²) in [6.45, 7) is 4.65. The lowest BCUT2D eigenvalue weighted by Gasteiger charge is -2.41. The topological polar surface area (TPSA) is 110 Å². The molecule has 4 aliphatic rings. The number of rotatable bonds is 6. The molecule has 4 heterocycles. The number of fused-ring (bicyclic) bond motifs is 3. The summed E-state index contributed by atoms with van der Waals surface area (Å²) in [5, 5.41) is 10.6. The number of piperidine rings is 2. The Balaban J connectivity index is 1.07. The van der Waals surface area contributed by atoms with Crippen LogP contribution < -0.4 is 16.0 Å². The molecule has 3 fully saturated rings. The number of aromatic amines is 1. The fourth-order valence-corrected chi connectivity index (χ4v) is 8.20. The third-order valence-electron chi connectivity index (χ3n) is 10.6. The van der Waals surface area contributed by atoms with E-state index in [4.69, 9.17) is 0 Å². The van der Waals surface area contributed by atoms with Crippen LogP contribution in [0.5, 0.6) is 0 Å². The zero-order valence-electron chi connectivity index (χ0n) is 25.4. The predicted octanol–water partition coefficient (Wildman–Crippen LogP) is 3.80. The molecule has 0 radical (unpaired) electrons. The average molecular weight is 597 g/mol. The third kappa shape index (κ3) is 5.58. The van der Waals surface area contributed by atoms with Crippen LogP contribution in [0, 0.1) is 0 Å². The monoisotopic (exact) mass is 596 g/mol. The molecule has 44 heavy (non-hydrogen) atoms. The van der Waals surface area contributed by atoms with Crippen LogP contribution in [0.15, 0.2) is 54.7 Å². The van der Waals surface area contributed by atoms with Crippen molar-refractivity contribution in [2.24, 2.45) is 0 Å². The molecule has 4 amide bonds. The summed E-state index contributed by atoms with van der Waals surface area (Å²) in [6, 6.07) is 15.6. The second-order valence-electron chi connectivity index (χ2n) is 13.3. The molecule has 232 valence electrons. The number of H-pyrrole nitrogens is 1. The van der Waals surface area contributed by atoms with Crippen LogP contribution in [0.3, 0.4) is 0 Å². The van der Waals surface area contributed by atoms with Gasteiger partial charge in [-0.1, -0.05) is 42.5 Å². The summed E-state index contributed by atoms with van der Waals surface area (Å²) < 4.78 is 0. The van der Waals surface area contributed by atoms with E-state index in [1.54, 1.807) is 0 Å². The summed E-state index contributed by atoms with van der Waals surface area (Å²) in [4.78, 5) is 48.3. The summed E-state index contributed by atoms with van der Waals surface area (Å²) in [6.07, 6.45) is 8.95. The van der Waals surface area contributed by atoms with Crippen molar-refractivity contribution in [3.05, 3.63) is 71.4 Å². The molecule has 3 atom stereocenters. The zero-order chi connectivity index (χ0) is 30.1. The molecule has 1 spiro atoms. The Morgan fingerprint density at radius 3 is 2.50 bits per heavy atom. The smallest absolute Gasteiger partial charge is 0.315 e. The summed E-state index contributed by atoms with van der Waals surface area (Å²) in [5.41, 5.74) is 4.40. The molecular formula is C35H44N6O3. The molecule has 3 aromatic rings. The van der Waals surface area contributed by atoms with Gasteiger partial charge in [-0.2, -0.15) is 0 Å². The van der Waals surface area contributed by atoms with Gasteiger partial charge in [0.2, 0.25) is 11.8 Å². The Bertz CT molecular complexity index is 1510. The van der Waals surface area contributed by atoms with E-state index in [-0.39, 0.29) is 35.2 Å². The highest BCUT2D eigenvalue weighted by atomic mass is 16.2. The van der Waals surface area contributed by atoms with E-state index in [9.17, 15) is 14.4 Å². The van der Waals surface area contributed by atoms with E-state index in [1.165, 1.54) is 11.1 Å². The standard InChI is InChI=1S/C35H44N6O3/c42-32(40-16-5-6-17-40)28-21-35(29-11-3-1-10-27(28)29)13-18-41(19-14-35)33(43)31(39-34(44)38-25-8-7-15-36-23-25)20-24-22-37-30-12-4-2-9-26(24)30/h1-4,9-12,22,25,28,31,36-37H,5-8,13-21,23H2,(H2,38,39,44)/t25-,28-,31-/m1/s1. The van der Waals surface area contributed by atoms with Crippen LogP contribution in [-0.2, 0) is 21.4 Å². The van der Waals surface area contributed by atoms with Gasteiger partial charge in [0, 0.05) is 67.7 Å². The molecule has 2 aromatic carbocycles. The molecule has 3 aliphatic heterocycles. The molecule has 0 bridgehead atoms. The van der Waals surface area contributed by atoms with Gasteiger partial charge in [-0.3, -0.25) is 9.59 Å². The Hall–Kier alpha value is -3.85. The third-order valence-corrected chi connectivity index (χ3v) is 10.6. The van der Waals surface area contributed by atoms with Crippen molar-refractivity contribution in [2.45, 2.75) is 74.8 Å². The van der Waals surface area contributed by atoms with E-state index in [1.807, 2.05) is 29.3 Å². The molecule has 3 saturated heterocycles. The van der Waals surface area contributed by atoms with Gasteiger partial charge in [0.15, 0.2) is 0 Å². The van der Waals surface area contributed by atoms with Gasteiger partial charge in [0.1, 0.15) is 6.04 Å². The number of aromatic nitrogens is 1. The Morgan fingerprint density at radius 1 is 0.932 bits per heavy atom. The quantitative estimate of drug-likeness (QED) is 0.347. The first-order valence-electron chi connectivity index (χ1n) is 16.5. The van der Waals surface area contributed by atoms with Crippen LogP contribution in [0.4, 0.5) is 4.79 Å². The van der Waals surface area contributed by atoms with Gasteiger partial charge in [-0.05, 0) is 74.2 Å². The van der Waals surface area contributed by atoms with Gasteiger partial charge in [0.25, 0.3) is 0 Å². The van der Waals surface area contributed by atoms with Crippen molar-refractivity contribution in [3.63, 3.8) is 0 Å². The largest absolute Gasteiger partial charge is 0.361 e. The zero-order valence-corrected chi connectivity index (χ0v) is 25.4. The van der Waals surface area contributed by atoms with E-state index in [0.717, 1.165) is 87.6 Å². The summed E-state index contributed by atoms with van der Waals surface area (Å²) >= 11 is 0. The van der Waals surface area contributed by atoms with Gasteiger partial charge < -0.3 is 30.7 Å². The summed E-state index contributed by atoms with van der Waals surface area (Å²) in [5.74, 6) is 0.131. The number of benzene rings is 2. The second-order valence-corrected chi connectivity index (χ2v) is 13.3. The second kappa shape index (κ2) is 12.3. The maximum absolute atomic E-state index is 14.2. The molecule has 0 unspecified atom stereocenters. The van der Waals surface area contributed by atoms with Crippen molar-refractivity contribution in [3.8, 4) is 0 Å². The fraction of sp³-hybridized carbons (Fsp3) is 0.514. The molecule has 1 aliphatic carbocycles. The number of nitrogens with zero attached hydrogens (tertiary/aromatic N) is 2. The molecule has 9 heteroatoms. The van der Waals surface area contributed by atoms with Crippen LogP contribution in [0.25, 0.3) is 10.9 Å². The minimum atomic E-state index is -0.680. The van der Waals surface area contributed by atoms with Crippen molar-refractivity contribution in [1.29, 1.82) is 0 Å². The van der Waals surface area contributed by atoms with Gasteiger partial charge in [-0.25, -0.2) is 4.79 Å². The number of carbonyl (C=O) groups is 3. The highest BCUT2D eigenvalue weighted by molar-refractivity contribution is 5.90. The highest BCUT2D eigenvalue weighted by Crippen LogP contribution is 2.52. The number of para-hydroxylation sites is 1. The Morgan fingerprint density at radius 2 is 1.70 bits per heavy atom. The highest BCUT2D eigenvalue weighted by Gasteiger charge is 2.49. The molecule has 9 nitrogen and oxygen atoms in total. The van der Waals surface area contributed by atoms with Crippen LogP contribution in [-0.4, -0.2) is 84.0 Å². The first-order chi connectivity index (χ1) is 21.5. The SMILES string of the molecule is O=C(N[C@@H]1CCCNC1)N[C@H](Cc1c[nH]c2ccccc12)C(=O)N1CCC2(CC1)C[C@@H](C(=O)N1CCCC1)c1ccccc12. The van der Waals surface area contributed by atoms with Crippen molar-refractivity contribution >= 4 is 28.7 Å². The maximum Gasteiger partial charge on any atom is 0.315 e. The van der Waals surface area contributed by atoms with Crippen molar-refractivity contribution in [1.82, 2.24) is 30.7 Å². The minimum Gasteiger partial charge on any atom is -0.361 e. The average Bonchev–Trinajstić information content (AvgIpc) is 3.81. The number of likely N-dealkylation sites (tertiary alicyclic amines) is 2. The van der Waals surface area contributed by atoms with Crippen LogP contribution in [0.1, 0.15) is 67.6 Å². The molecule has 4 N–H and O–H groups in total. The number of carbonyl (C=O) groups excluding carboxylic acids is 3. The number of urea groups is 1. The first kappa shape index (κ1) is 28.9. The maximum atomic E-state index is 14.2. The first-order valence-corrected chi connectivity index (χ1v) is 16.5. The van der Waals surface area contributed by atoms with Crippen molar-refractivity contribution in [2.75, 3.05) is 39.3 Å². The lowest BCUT2D eigenvalue weighted by Crippen LogP contribution is -2.57. The Labute approximate surface area is 259 Å². The van der Waals surface area contributed by atoms with E-state index < -0.39 is 6.04 Å². The van der Waals surface area contributed by atoms with Gasteiger partial charge in [-0.15, -0.1) is 0 Å². The molecular weight excluding hydrogens is 552 g/mol. The van der Waals surface area contributed by atoms with Crippen molar-refractivity contribution < 1.29 is 14.4 Å². The van der Waals surface area contributed by atoms with Gasteiger partial charge >= 0.3 is 6.03 Å². The van der Waals surface area contributed by atoms with Crippen LogP contribution >= 0.6 is 0 Å². The number of hydrogen-bond acceptors (Lipinski definition) is 4. The molecule has 7 rings (SSSR count). The lowest BCUT2D eigenvalue weighted by atomic mass is 9.73. The van der Waals surface area contributed by atoms with E-state index in [0.29, 0.717) is 19.5 Å². The lowest BCUT2D eigenvalue weighted by molar-refractivity contribution is -0.135. The Kier molecular flexibility index (Phi) is 8.06. The van der Waals surface area contributed by atoms with Gasteiger partial charge in [0.05, 0.1) is 5.92 Å². The normalized spacial score (nSPS) is 23.5. The summed E-state index contributed by atoms with van der Waals surface area (Å²) in [7, 11) is 0. The van der Waals surface area contributed by atoms with E-state index in [2.05, 4.69) is 56.2 Å². The number of amides is 4. The molecule has 0 saturated carbocycles. The van der Waals surface area contributed by atoms with E-state index >= 15 is 0 Å². The number of hydrogen-bond donors (Lipinski definition) is 4. The van der Waals surface area contributed by atoms with Crippen LogP contribution in [0.2, 0.25) is 0 Å². The predicted molar refractivity (Wildman–Crippen MR) is 170 cm³/mol. The number of nitrogens with one attached hydrogen (secondary N) is 4. The molecule has 1 aromatic heterocycles. The fourth-order valence-electron chi connectivity index (χ4n) is 8.20. The minimum absolute atomic E-state index is 0.0435.